The van der Waals surface area contributed by atoms with Gasteiger partial charge in [0.15, 0.2) is 5.65 Å². The topological polar surface area (TPSA) is 151 Å². The van der Waals surface area contributed by atoms with Crippen molar-refractivity contribution in [3.8, 4) is 12.1 Å². The molecule has 13 heteroatoms. The minimum absolute atomic E-state index is 0.0968. The summed E-state index contributed by atoms with van der Waals surface area (Å²) in [7, 11) is 0. The Balaban J connectivity index is 1.29. The second-order valence-corrected chi connectivity index (χ2v) is 10.7. The first-order valence-corrected chi connectivity index (χ1v) is 13.0. The molecule has 0 unspecified atom stereocenters. The first kappa shape index (κ1) is 24.6. The molecule has 3 aliphatic rings. The molecule has 196 valence electrons. The highest BCUT2D eigenvalue weighted by atomic mass is 35.5. The number of anilines is 4. The van der Waals surface area contributed by atoms with Gasteiger partial charge >= 0.3 is 0 Å². The van der Waals surface area contributed by atoms with Crippen molar-refractivity contribution >= 4 is 40.5 Å². The Hall–Kier alpha value is -3.68. The molecule has 3 fully saturated rings. The van der Waals surface area contributed by atoms with Crippen LogP contribution in [-0.2, 0) is 4.74 Å². The number of nitrogens with one attached hydrogen (secondary N) is 2. The molecule has 3 N–H and O–H groups in total. The average molecular weight is 535 g/mol. The van der Waals surface area contributed by atoms with Crippen molar-refractivity contribution in [2.24, 2.45) is 0 Å². The lowest BCUT2D eigenvalue weighted by Crippen LogP contribution is -2.61. The van der Waals surface area contributed by atoms with E-state index >= 15 is 0 Å². The molecule has 2 aliphatic heterocycles. The van der Waals surface area contributed by atoms with Crippen molar-refractivity contribution in [2.75, 3.05) is 54.9 Å². The van der Waals surface area contributed by atoms with Crippen LogP contribution >= 0.6 is 11.6 Å². The average Bonchev–Trinajstić information content (AvgIpc) is 3.60. The van der Waals surface area contributed by atoms with Gasteiger partial charge in [-0.3, -0.25) is 4.90 Å². The summed E-state index contributed by atoms with van der Waals surface area (Å²) in [6.07, 6.45) is 3.54. The minimum Gasteiger partial charge on any atom is -0.384 e. The third kappa shape index (κ3) is 4.68. The number of hydrogen-bond donors (Lipinski definition) is 3. The number of fused-ring (bicyclic) bond motifs is 1. The highest BCUT2D eigenvalue weighted by molar-refractivity contribution is 6.36. The third-order valence-corrected chi connectivity index (χ3v) is 7.51. The van der Waals surface area contributed by atoms with Gasteiger partial charge in [0.25, 0.3) is 0 Å². The van der Waals surface area contributed by atoms with E-state index in [4.69, 9.17) is 16.3 Å². The fraction of sp³-hybridized carbons (Fsp3) is 0.480. The molecule has 2 aromatic heterocycles. The van der Waals surface area contributed by atoms with E-state index in [1.807, 2.05) is 0 Å². The van der Waals surface area contributed by atoms with Crippen LogP contribution in [0.15, 0.2) is 18.3 Å². The van der Waals surface area contributed by atoms with Gasteiger partial charge in [0.2, 0.25) is 11.9 Å². The number of nitrogens with zero attached hydrogens (tertiary/aromatic N) is 8. The lowest BCUT2D eigenvalue weighted by molar-refractivity contribution is -0.187. The van der Waals surface area contributed by atoms with Crippen LogP contribution < -0.4 is 15.5 Å². The summed E-state index contributed by atoms with van der Waals surface area (Å²) in [5.74, 6) is 0.729. The van der Waals surface area contributed by atoms with Crippen molar-refractivity contribution in [3.63, 3.8) is 0 Å². The summed E-state index contributed by atoms with van der Waals surface area (Å²) in [5, 5.41) is 41.0. The summed E-state index contributed by atoms with van der Waals surface area (Å²) in [6, 6.07) is 8.21. The Morgan fingerprint density at radius 1 is 1.21 bits per heavy atom. The Morgan fingerprint density at radius 3 is 2.68 bits per heavy atom. The van der Waals surface area contributed by atoms with E-state index in [9.17, 15) is 15.6 Å². The quantitative estimate of drug-likeness (QED) is 0.408. The first-order chi connectivity index (χ1) is 18.4. The van der Waals surface area contributed by atoms with Crippen LogP contribution in [0.4, 0.5) is 23.3 Å². The van der Waals surface area contributed by atoms with Crippen molar-refractivity contribution in [3.05, 3.63) is 34.5 Å². The number of piperazine rings is 1. The number of halogens is 1. The summed E-state index contributed by atoms with van der Waals surface area (Å²) < 4.78 is 6.71. The molecule has 4 heterocycles. The maximum absolute atomic E-state index is 10.5. The second kappa shape index (κ2) is 9.57. The van der Waals surface area contributed by atoms with E-state index in [0.717, 1.165) is 31.6 Å². The van der Waals surface area contributed by atoms with E-state index in [-0.39, 0.29) is 12.0 Å². The fourth-order valence-electron chi connectivity index (χ4n) is 4.99. The molecule has 1 aromatic carbocycles. The van der Waals surface area contributed by atoms with Crippen LogP contribution in [-0.4, -0.2) is 86.7 Å². The molecule has 1 saturated carbocycles. The van der Waals surface area contributed by atoms with Crippen molar-refractivity contribution in [1.82, 2.24) is 24.5 Å². The van der Waals surface area contributed by atoms with E-state index in [1.54, 1.807) is 12.1 Å². The number of ether oxygens (including phenoxy) is 1. The van der Waals surface area contributed by atoms with Gasteiger partial charge in [0, 0.05) is 38.3 Å². The summed E-state index contributed by atoms with van der Waals surface area (Å²) in [5.41, 5.74) is 1.62. The van der Waals surface area contributed by atoms with Crippen LogP contribution in [0.5, 0.6) is 0 Å². The molecule has 3 aromatic rings. The lowest BCUT2D eigenvalue weighted by Gasteiger charge is -2.46. The molecular weight excluding hydrogens is 508 g/mol. The Bertz CT molecular complexity index is 1470. The third-order valence-electron chi connectivity index (χ3n) is 7.11. The van der Waals surface area contributed by atoms with Crippen LogP contribution in [0.2, 0.25) is 5.02 Å². The van der Waals surface area contributed by atoms with Gasteiger partial charge < -0.3 is 25.4 Å². The van der Waals surface area contributed by atoms with Crippen LogP contribution in [0.25, 0.3) is 5.65 Å². The van der Waals surface area contributed by atoms with Crippen molar-refractivity contribution in [1.29, 1.82) is 10.5 Å². The van der Waals surface area contributed by atoms with Gasteiger partial charge in [-0.05, 0) is 31.9 Å². The monoisotopic (exact) mass is 534 g/mol. The SMILES string of the molecule is C[C@H]1CN(CC2(O)COC2)CCN1c1cc(C#N)cc(Nc2nc(NC3CC3)n3ncc(C#N)c3n2)c1Cl. The molecule has 0 spiro atoms. The maximum atomic E-state index is 10.5. The van der Waals surface area contributed by atoms with E-state index in [0.29, 0.717) is 65.8 Å². The molecule has 6 rings (SSSR count). The predicted octanol–water partition coefficient (Wildman–Crippen LogP) is 2.11. The molecule has 12 nitrogen and oxygen atoms in total. The maximum Gasteiger partial charge on any atom is 0.232 e. The second-order valence-electron chi connectivity index (χ2n) is 10.3. The predicted molar refractivity (Wildman–Crippen MR) is 141 cm³/mol. The number of nitriles is 2. The summed E-state index contributed by atoms with van der Waals surface area (Å²) >= 11 is 6.93. The van der Waals surface area contributed by atoms with Gasteiger partial charge in [0.1, 0.15) is 17.2 Å². The molecule has 0 amide bonds. The molecule has 0 radical (unpaired) electrons. The Kier molecular flexibility index (Phi) is 6.20. The molecule has 1 aliphatic carbocycles. The number of benzene rings is 1. The zero-order valence-corrected chi connectivity index (χ0v) is 21.6. The fourth-order valence-corrected chi connectivity index (χ4v) is 5.25. The molecule has 2 saturated heterocycles. The van der Waals surface area contributed by atoms with Gasteiger partial charge in [0.05, 0.1) is 47.4 Å². The van der Waals surface area contributed by atoms with Crippen LogP contribution in [0.3, 0.4) is 0 Å². The van der Waals surface area contributed by atoms with Gasteiger partial charge in [-0.1, -0.05) is 11.6 Å². The van der Waals surface area contributed by atoms with Crippen molar-refractivity contribution < 1.29 is 9.84 Å². The zero-order valence-electron chi connectivity index (χ0n) is 20.9. The lowest BCUT2D eigenvalue weighted by atomic mass is 10.0. The van der Waals surface area contributed by atoms with E-state index in [2.05, 4.69) is 54.6 Å². The normalized spacial score (nSPS) is 21.0. The summed E-state index contributed by atoms with van der Waals surface area (Å²) in [6.45, 7) is 5.58. The largest absolute Gasteiger partial charge is 0.384 e. The Labute approximate surface area is 224 Å². The van der Waals surface area contributed by atoms with Gasteiger partial charge in [-0.15, -0.1) is 0 Å². The van der Waals surface area contributed by atoms with E-state index in [1.165, 1.54) is 10.7 Å². The van der Waals surface area contributed by atoms with E-state index < -0.39 is 5.60 Å². The number of hydrogen-bond acceptors (Lipinski definition) is 11. The van der Waals surface area contributed by atoms with Crippen LogP contribution in [0.1, 0.15) is 30.9 Å². The number of rotatable bonds is 7. The standard InChI is InChI=1S/C25H27ClN10O2/c1-15-11-34(12-25(37)13-38-14-25)4-5-35(15)20-7-16(8-27)6-19(21(20)26)31-23-32-22-17(9-28)10-29-36(22)24(33-23)30-18-2-3-18/h6-7,10,15,18,37H,2-5,11-14H2,1H3,(H2,30,31,32,33)/t15-/m0/s1. The van der Waals surface area contributed by atoms with Gasteiger partial charge in [-0.25, -0.2) is 0 Å². The zero-order chi connectivity index (χ0) is 26.4. The molecule has 1 atom stereocenters. The summed E-state index contributed by atoms with van der Waals surface area (Å²) in [4.78, 5) is 13.5. The number of aliphatic hydroxyl groups is 1. The molecular formula is C25H27ClN10O2. The first-order valence-electron chi connectivity index (χ1n) is 12.6. The molecule has 38 heavy (non-hydrogen) atoms. The minimum atomic E-state index is -0.771. The number of aromatic nitrogens is 4. The number of β-amino-alcohol motifs (C(OH)–C–C–N with tert-alkyl or cyclic N) is 1. The van der Waals surface area contributed by atoms with Gasteiger partial charge in [-0.2, -0.15) is 30.1 Å². The molecule has 0 bridgehead atoms. The Morgan fingerprint density at radius 2 is 2.03 bits per heavy atom. The van der Waals surface area contributed by atoms with Crippen LogP contribution in [0, 0.1) is 22.7 Å². The highest BCUT2D eigenvalue weighted by Crippen LogP contribution is 2.38. The van der Waals surface area contributed by atoms with Crippen molar-refractivity contribution in [2.45, 2.75) is 37.5 Å². The smallest absolute Gasteiger partial charge is 0.232 e. The highest BCUT2D eigenvalue weighted by Gasteiger charge is 2.39.